The van der Waals surface area contributed by atoms with Gasteiger partial charge in [-0.05, 0) is 55.2 Å². The van der Waals surface area contributed by atoms with Crippen molar-refractivity contribution in [1.82, 2.24) is 9.29 Å². The van der Waals surface area contributed by atoms with Crippen LogP contribution in [0.3, 0.4) is 0 Å². The Morgan fingerprint density at radius 3 is 2.25 bits per heavy atom. The van der Waals surface area contributed by atoms with E-state index in [2.05, 4.69) is 10.3 Å². The lowest BCUT2D eigenvalue weighted by atomic mass is 9.91. The molecule has 1 fully saturated rings. The van der Waals surface area contributed by atoms with Crippen LogP contribution in [0.1, 0.15) is 36.5 Å². The van der Waals surface area contributed by atoms with Crippen molar-refractivity contribution in [3.05, 3.63) is 54.4 Å². The van der Waals surface area contributed by atoms with Crippen LogP contribution >= 0.6 is 0 Å². The van der Waals surface area contributed by atoms with E-state index < -0.39 is 10.0 Å². The molecular weight excluding hydrogens is 378 g/mol. The first kappa shape index (κ1) is 20.2. The minimum absolute atomic E-state index is 0.0669. The zero-order valence-electron chi connectivity index (χ0n) is 15.7. The highest BCUT2D eigenvalue weighted by molar-refractivity contribution is 7.89. The van der Waals surface area contributed by atoms with E-state index in [9.17, 15) is 18.0 Å². The molecule has 2 heterocycles. The number of anilines is 1. The van der Waals surface area contributed by atoms with Gasteiger partial charge in [-0.15, -0.1) is 0 Å². The Morgan fingerprint density at radius 1 is 1.07 bits per heavy atom. The Kier molecular flexibility index (Phi) is 6.21. The average Bonchev–Trinajstić information content (AvgIpc) is 2.69. The van der Waals surface area contributed by atoms with Crippen molar-refractivity contribution in [3.8, 4) is 0 Å². The molecule has 0 aliphatic carbocycles. The van der Waals surface area contributed by atoms with Gasteiger partial charge in [0.25, 0.3) is 0 Å². The van der Waals surface area contributed by atoms with E-state index in [1.54, 1.807) is 36.7 Å². The average molecular weight is 401 g/mol. The number of rotatable bonds is 6. The van der Waals surface area contributed by atoms with Crippen molar-refractivity contribution in [2.24, 2.45) is 5.92 Å². The molecule has 1 saturated heterocycles. The van der Waals surface area contributed by atoms with Crippen molar-refractivity contribution < 1.29 is 18.0 Å². The second-order valence-corrected chi connectivity index (χ2v) is 8.85. The van der Waals surface area contributed by atoms with Crippen LogP contribution in [0.25, 0.3) is 0 Å². The summed E-state index contributed by atoms with van der Waals surface area (Å²) in [6.07, 6.45) is 4.92. The standard InChI is InChI=1S/C20H23N3O4S/c1-15(24)22-18-2-4-19(5-3-18)28(26,27)23-12-8-16(9-13-23)14-20(25)17-6-10-21-11-7-17/h2-7,10-11,16H,8-9,12-14H2,1H3,(H,22,24). The minimum atomic E-state index is -3.58. The first-order valence-electron chi connectivity index (χ1n) is 9.17. The lowest BCUT2D eigenvalue weighted by Crippen LogP contribution is -2.38. The molecule has 3 rings (SSSR count). The number of nitrogens with zero attached hydrogens (tertiary/aromatic N) is 2. The molecule has 1 aromatic heterocycles. The third kappa shape index (κ3) is 4.82. The molecule has 0 saturated carbocycles. The van der Waals surface area contributed by atoms with E-state index in [0.29, 0.717) is 43.6 Å². The van der Waals surface area contributed by atoms with Gasteiger partial charge < -0.3 is 5.32 Å². The second kappa shape index (κ2) is 8.62. The van der Waals surface area contributed by atoms with Crippen LogP contribution in [0, 0.1) is 5.92 Å². The van der Waals surface area contributed by atoms with E-state index in [4.69, 9.17) is 0 Å². The minimum Gasteiger partial charge on any atom is -0.326 e. The number of carbonyl (C=O) groups is 2. The van der Waals surface area contributed by atoms with Gasteiger partial charge in [0, 0.05) is 50.1 Å². The molecule has 0 spiro atoms. The summed E-state index contributed by atoms with van der Waals surface area (Å²) in [5.74, 6) is 0.0329. The van der Waals surface area contributed by atoms with E-state index in [-0.39, 0.29) is 22.5 Å². The number of aromatic nitrogens is 1. The normalized spacial score (nSPS) is 15.9. The number of amides is 1. The SMILES string of the molecule is CC(=O)Nc1ccc(S(=O)(=O)N2CCC(CC(=O)c3ccncc3)CC2)cc1. The van der Waals surface area contributed by atoms with Gasteiger partial charge in [-0.2, -0.15) is 4.31 Å². The molecule has 7 nitrogen and oxygen atoms in total. The molecular formula is C20H23N3O4S. The Hall–Kier alpha value is -2.58. The number of nitrogens with one attached hydrogen (secondary N) is 1. The molecule has 148 valence electrons. The van der Waals surface area contributed by atoms with Crippen molar-refractivity contribution in [3.63, 3.8) is 0 Å². The van der Waals surface area contributed by atoms with E-state index >= 15 is 0 Å². The fourth-order valence-electron chi connectivity index (χ4n) is 3.33. The largest absolute Gasteiger partial charge is 0.326 e. The third-order valence-electron chi connectivity index (χ3n) is 4.86. The molecule has 1 aliphatic heterocycles. The van der Waals surface area contributed by atoms with Crippen LogP contribution < -0.4 is 5.32 Å². The quantitative estimate of drug-likeness (QED) is 0.751. The summed E-state index contributed by atoms with van der Waals surface area (Å²) in [7, 11) is -3.58. The molecule has 1 amide bonds. The second-order valence-electron chi connectivity index (χ2n) is 6.92. The molecule has 2 aromatic rings. The van der Waals surface area contributed by atoms with E-state index in [1.165, 1.54) is 23.4 Å². The first-order chi connectivity index (χ1) is 13.4. The highest BCUT2D eigenvalue weighted by Gasteiger charge is 2.30. The Balaban J connectivity index is 1.59. The van der Waals surface area contributed by atoms with Crippen molar-refractivity contribution >= 4 is 27.4 Å². The van der Waals surface area contributed by atoms with Crippen molar-refractivity contribution in [1.29, 1.82) is 0 Å². The van der Waals surface area contributed by atoms with Crippen LogP contribution in [0.15, 0.2) is 53.7 Å². The van der Waals surface area contributed by atoms with Gasteiger partial charge in [-0.1, -0.05) is 0 Å². The molecule has 1 aliphatic rings. The molecule has 28 heavy (non-hydrogen) atoms. The molecule has 8 heteroatoms. The lowest BCUT2D eigenvalue weighted by molar-refractivity contribution is -0.114. The first-order valence-corrected chi connectivity index (χ1v) is 10.6. The number of hydrogen-bond acceptors (Lipinski definition) is 5. The number of sulfonamides is 1. The number of piperidine rings is 1. The molecule has 0 unspecified atom stereocenters. The highest BCUT2D eigenvalue weighted by Crippen LogP contribution is 2.27. The smallest absolute Gasteiger partial charge is 0.243 e. The van der Waals surface area contributed by atoms with Crippen LogP contribution in [-0.2, 0) is 14.8 Å². The van der Waals surface area contributed by atoms with Gasteiger partial charge in [0.2, 0.25) is 15.9 Å². The van der Waals surface area contributed by atoms with Crippen molar-refractivity contribution in [2.75, 3.05) is 18.4 Å². The van der Waals surface area contributed by atoms with Crippen LogP contribution in [0.5, 0.6) is 0 Å². The number of ketones is 1. The third-order valence-corrected chi connectivity index (χ3v) is 6.78. The Morgan fingerprint density at radius 2 is 1.68 bits per heavy atom. The predicted molar refractivity (Wildman–Crippen MR) is 105 cm³/mol. The summed E-state index contributed by atoms with van der Waals surface area (Å²) in [6.45, 7) is 2.18. The fraction of sp³-hybridized carbons (Fsp3) is 0.350. The van der Waals surface area contributed by atoms with Crippen LogP contribution in [0.2, 0.25) is 0 Å². The Labute approximate surface area is 164 Å². The number of hydrogen-bond donors (Lipinski definition) is 1. The number of carbonyl (C=O) groups excluding carboxylic acids is 2. The number of benzene rings is 1. The van der Waals surface area contributed by atoms with Gasteiger partial charge in [-0.3, -0.25) is 14.6 Å². The molecule has 0 radical (unpaired) electrons. The summed E-state index contributed by atoms with van der Waals surface area (Å²) in [6, 6.07) is 9.56. The topological polar surface area (TPSA) is 96.4 Å². The highest BCUT2D eigenvalue weighted by atomic mass is 32.2. The molecule has 1 N–H and O–H groups in total. The lowest BCUT2D eigenvalue weighted by Gasteiger charge is -2.31. The van der Waals surface area contributed by atoms with E-state index in [1.807, 2.05) is 0 Å². The van der Waals surface area contributed by atoms with Gasteiger partial charge in [0.15, 0.2) is 5.78 Å². The monoisotopic (exact) mass is 401 g/mol. The predicted octanol–water partition coefficient (Wildman–Crippen LogP) is 2.71. The van der Waals surface area contributed by atoms with Crippen LogP contribution in [0.4, 0.5) is 5.69 Å². The summed E-state index contributed by atoms with van der Waals surface area (Å²) in [4.78, 5) is 27.5. The van der Waals surface area contributed by atoms with E-state index in [0.717, 1.165) is 0 Å². The molecule has 0 bridgehead atoms. The van der Waals surface area contributed by atoms with Crippen molar-refractivity contribution in [2.45, 2.75) is 31.1 Å². The van der Waals surface area contributed by atoms with Crippen LogP contribution in [-0.4, -0.2) is 42.5 Å². The van der Waals surface area contributed by atoms with Gasteiger partial charge in [0.05, 0.1) is 4.90 Å². The number of Topliss-reactive ketones (excluding diaryl/α,β-unsaturated/α-hetero) is 1. The maximum atomic E-state index is 12.8. The summed E-state index contributed by atoms with van der Waals surface area (Å²) in [5, 5.41) is 2.62. The van der Waals surface area contributed by atoms with Gasteiger partial charge in [-0.25, -0.2) is 8.42 Å². The van der Waals surface area contributed by atoms with Gasteiger partial charge >= 0.3 is 0 Å². The van der Waals surface area contributed by atoms with Gasteiger partial charge in [0.1, 0.15) is 0 Å². The summed E-state index contributed by atoms with van der Waals surface area (Å²) >= 11 is 0. The number of pyridine rings is 1. The molecule has 0 atom stereocenters. The zero-order valence-corrected chi connectivity index (χ0v) is 16.5. The Bertz CT molecular complexity index is 935. The maximum Gasteiger partial charge on any atom is 0.243 e. The maximum absolute atomic E-state index is 12.8. The zero-order chi connectivity index (χ0) is 20.1. The fourth-order valence-corrected chi connectivity index (χ4v) is 4.80. The summed E-state index contributed by atoms with van der Waals surface area (Å²) in [5.41, 5.74) is 1.20. The molecule has 1 aromatic carbocycles. The summed E-state index contributed by atoms with van der Waals surface area (Å²) < 4.78 is 27.1.